The number of aliphatic carboxylic acids is 1. The number of carboxylic acids is 1. The van der Waals surface area contributed by atoms with Crippen LogP contribution in [-0.4, -0.2) is 48.7 Å². The molecule has 0 bridgehead atoms. The SMILES string of the molecule is Cc1cc(C)n(C(C)c2nc(-c3c(C)ncc4c3CCNC4)no2)n1.O=C(O)C(F)(F)F. The van der Waals surface area contributed by atoms with E-state index in [4.69, 9.17) is 14.4 Å². The molecule has 2 N–H and O–H groups in total. The summed E-state index contributed by atoms with van der Waals surface area (Å²) in [4.78, 5) is 18.1. The fourth-order valence-electron chi connectivity index (χ4n) is 3.52. The molecule has 0 aromatic carbocycles. The highest BCUT2D eigenvalue weighted by Crippen LogP contribution is 2.30. The third-order valence-corrected chi connectivity index (χ3v) is 5.01. The number of aromatic nitrogens is 5. The second-order valence-electron chi connectivity index (χ2n) is 7.46. The molecule has 4 heterocycles. The lowest BCUT2D eigenvalue weighted by molar-refractivity contribution is -0.192. The van der Waals surface area contributed by atoms with Gasteiger partial charge in [-0.25, -0.2) is 4.79 Å². The zero-order valence-electron chi connectivity index (χ0n) is 18.0. The van der Waals surface area contributed by atoms with E-state index in [2.05, 4.69) is 25.5 Å². The molecule has 172 valence electrons. The Balaban J connectivity index is 0.000000360. The number of aryl methyl sites for hydroxylation is 3. The van der Waals surface area contributed by atoms with Crippen LogP contribution in [0.5, 0.6) is 0 Å². The van der Waals surface area contributed by atoms with Crippen molar-refractivity contribution in [1.82, 2.24) is 30.2 Å². The highest BCUT2D eigenvalue weighted by molar-refractivity contribution is 5.73. The van der Waals surface area contributed by atoms with Gasteiger partial charge in [0.25, 0.3) is 5.89 Å². The molecule has 0 fully saturated rings. The molecule has 1 aliphatic heterocycles. The monoisotopic (exact) mass is 452 g/mol. The van der Waals surface area contributed by atoms with Crippen molar-refractivity contribution in [3.8, 4) is 11.4 Å². The fraction of sp³-hybridized carbons (Fsp3) is 0.450. The summed E-state index contributed by atoms with van der Waals surface area (Å²) < 4.78 is 39.2. The van der Waals surface area contributed by atoms with E-state index in [0.717, 1.165) is 42.2 Å². The summed E-state index contributed by atoms with van der Waals surface area (Å²) in [5.74, 6) is -1.58. The predicted octanol–water partition coefficient (Wildman–Crippen LogP) is 3.14. The van der Waals surface area contributed by atoms with Crippen molar-refractivity contribution < 1.29 is 27.6 Å². The van der Waals surface area contributed by atoms with Crippen molar-refractivity contribution >= 4 is 5.97 Å². The summed E-state index contributed by atoms with van der Waals surface area (Å²) >= 11 is 0. The zero-order chi connectivity index (χ0) is 23.6. The van der Waals surface area contributed by atoms with Crippen molar-refractivity contribution in [2.45, 2.75) is 52.9 Å². The molecule has 0 aliphatic carbocycles. The molecule has 32 heavy (non-hydrogen) atoms. The molecule has 3 aromatic heterocycles. The second-order valence-corrected chi connectivity index (χ2v) is 7.46. The molecular weight excluding hydrogens is 429 g/mol. The molecule has 0 amide bonds. The molecule has 0 spiro atoms. The average molecular weight is 452 g/mol. The van der Waals surface area contributed by atoms with Gasteiger partial charge in [-0.15, -0.1) is 0 Å². The number of hydrogen-bond donors (Lipinski definition) is 2. The number of pyridine rings is 1. The Morgan fingerprint density at radius 3 is 2.59 bits per heavy atom. The Bertz CT molecular complexity index is 1120. The van der Waals surface area contributed by atoms with E-state index in [1.807, 2.05) is 44.6 Å². The first kappa shape index (κ1) is 23.4. The molecule has 0 radical (unpaired) electrons. The number of carbonyl (C=O) groups is 1. The van der Waals surface area contributed by atoms with Gasteiger partial charge in [-0.05, 0) is 57.9 Å². The van der Waals surface area contributed by atoms with Crippen LogP contribution in [0.25, 0.3) is 11.4 Å². The van der Waals surface area contributed by atoms with E-state index in [1.54, 1.807) is 0 Å². The molecule has 3 aromatic rings. The first-order chi connectivity index (χ1) is 15.0. The number of alkyl halides is 3. The Kier molecular flexibility index (Phi) is 6.63. The second kappa shape index (κ2) is 9.07. The summed E-state index contributed by atoms with van der Waals surface area (Å²) in [6, 6.07) is 1.94. The lowest BCUT2D eigenvalue weighted by Gasteiger charge is -2.19. The Hall–Kier alpha value is -3.28. The average Bonchev–Trinajstić information content (AvgIpc) is 3.33. The normalized spacial score (nSPS) is 14.3. The van der Waals surface area contributed by atoms with Crippen LogP contribution in [-0.2, 0) is 17.8 Å². The minimum atomic E-state index is -5.08. The number of nitrogens with one attached hydrogen (secondary N) is 1. The molecule has 4 rings (SSSR count). The topological polar surface area (TPSA) is 119 Å². The van der Waals surface area contributed by atoms with Gasteiger partial charge >= 0.3 is 12.1 Å². The van der Waals surface area contributed by atoms with Crippen LogP contribution >= 0.6 is 0 Å². The molecule has 9 nitrogen and oxygen atoms in total. The van der Waals surface area contributed by atoms with Crippen LogP contribution in [0, 0.1) is 20.8 Å². The minimum absolute atomic E-state index is 0.107. The van der Waals surface area contributed by atoms with Crippen molar-refractivity contribution in [3.05, 3.63) is 46.4 Å². The highest BCUT2D eigenvalue weighted by atomic mass is 19.4. The standard InChI is InChI=1S/C18H22N6O.C2HF3O2/c1-10-7-11(2)24(22-10)13(4)18-21-17(23-25-18)16-12(3)20-9-14-8-19-6-5-15(14)16;3-2(4,5)1(6)7/h7,9,13,19H,5-6,8H2,1-4H3;(H,6,7). The highest BCUT2D eigenvalue weighted by Gasteiger charge is 2.38. The van der Waals surface area contributed by atoms with E-state index >= 15 is 0 Å². The van der Waals surface area contributed by atoms with Crippen LogP contribution in [0.15, 0.2) is 16.8 Å². The van der Waals surface area contributed by atoms with Crippen LogP contribution < -0.4 is 5.32 Å². The maximum absolute atomic E-state index is 10.6. The summed E-state index contributed by atoms with van der Waals surface area (Å²) in [7, 11) is 0. The summed E-state index contributed by atoms with van der Waals surface area (Å²) in [6.45, 7) is 9.82. The number of hydrogen-bond acceptors (Lipinski definition) is 7. The smallest absolute Gasteiger partial charge is 0.475 e. The largest absolute Gasteiger partial charge is 0.490 e. The lowest BCUT2D eigenvalue weighted by Crippen LogP contribution is -2.24. The molecular formula is C20H23F3N6O3. The first-order valence-corrected chi connectivity index (χ1v) is 9.84. The van der Waals surface area contributed by atoms with E-state index < -0.39 is 12.1 Å². The summed E-state index contributed by atoms with van der Waals surface area (Å²) in [5.41, 5.74) is 6.49. The number of nitrogens with zero attached hydrogens (tertiary/aromatic N) is 5. The van der Waals surface area contributed by atoms with Gasteiger partial charge in [0, 0.05) is 29.7 Å². The molecule has 0 saturated heterocycles. The maximum Gasteiger partial charge on any atom is 0.490 e. The van der Waals surface area contributed by atoms with Gasteiger partial charge in [-0.1, -0.05) is 5.16 Å². The van der Waals surface area contributed by atoms with E-state index in [1.165, 1.54) is 11.1 Å². The maximum atomic E-state index is 10.6. The molecule has 1 atom stereocenters. The van der Waals surface area contributed by atoms with Gasteiger partial charge in [0.2, 0.25) is 5.82 Å². The van der Waals surface area contributed by atoms with Gasteiger partial charge in [-0.3, -0.25) is 9.67 Å². The van der Waals surface area contributed by atoms with E-state index in [9.17, 15) is 13.2 Å². The van der Waals surface area contributed by atoms with Gasteiger partial charge in [-0.2, -0.15) is 23.3 Å². The number of rotatable bonds is 3. The summed E-state index contributed by atoms with van der Waals surface area (Å²) in [5, 5.41) is 19.3. The van der Waals surface area contributed by atoms with Gasteiger partial charge in [0.1, 0.15) is 6.04 Å². The van der Waals surface area contributed by atoms with E-state index in [0.29, 0.717) is 11.7 Å². The number of halogens is 3. The molecule has 1 unspecified atom stereocenters. The minimum Gasteiger partial charge on any atom is -0.475 e. The Labute approximate surface area is 181 Å². The van der Waals surface area contributed by atoms with Gasteiger partial charge in [0.05, 0.1) is 5.69 Å². The van der Waals surface area contributed by atoms with Crippen LogP contribution in [0.3, 0.4) is 0 Å². The van der Waals surface area contributed by atoms with Crippen LogP contribution in [0.4, 0.5) is 13.2 Å². The first-order valence-electron chi connectivity index (χ1n) is 9.84. The Morgan fingerprint density at radius 1 is 1.31 bits per heavy atom. The van der Waals surface area contributed by atoms with Gasteiger partial charge < -0.3 is 14.9 Å². The van der Waals surface area contributed by atoms with Crippen LogP contribution in [0.2, 0.25) is 0 Å². The number of fused-ring (bicyclic) bond motifs is 1. The quantitative estimate of drug-likeness (QED) is 0.622. The van der Waals surface area contributed by atoms with E-state index in [-0.39, 0.29) is 6.04 Å². The predicted molar refractivity (Wildman–Crippen MR) is 107 cm³/mol. The van der Waals surface area contributed by atoms with Crippen LogP contribution in [0.1, 0.15) is 47.1 Å². The van der Waals surface area contributed by atoms with Crippen molar-refractivity contribution in [1.29, 1.82) is 0 Å². The molecule has 1 aliphatic rings. The third kappa shape index (κ3) is 4.96. The van der Waals surface area contributed by atoms with Crippen molar-refractivity contribution in [3.63, 3.8) is 0 Å². The molecule has 12 heteroatoms. The zero-order valence-corrected chi connectivity index (χ0v) is 18.0. The van der Waals surface area contributed by atoms with Crippen molar-refractivity contribution in [2.24, 2.45) is 0 Å². The fourth-order valence-corrected chi connectivity index (χ4v) is 3.52. The third-order valence-electron chi connectivity index (χ3n) is 5.01. The lowest BCUT2D eigenvalue weighted by atomic mass is 9.95. The summed E-state index contributed by atoms with van der Waals surface area (Å²) in [6.07, 6.45) is -2.19. The number of carboxylic acid groups (broad SMARTS) is 1. The molecule has 0 saturated carbocycles. The van der Waals surface area contributed by atoms with Crippen molar-refractivity contribution in [2.75, 3.05) is 6.54 Å². The Morgan fingerprint density at radius 2 is 2.00 bits per heavy atom. The van der Waals surface area contributed by atoms with Gasteiger partial charge in [0.15, 0.2) is 0 Å².